The maximum Gasteiger partial charge on any atom is 0.306 e. The molecule has 104 valence electrons. The monoisotopic (exact) mass is 347 g/mol. The van der Waals surface area contributed by atoms with Crippen LogP contribution in [0, 0.1) is 5.92 Å². The minimum atomic E-state index is -0.206. The second-order valence-electron chi connectivity index (χ2n) is 4.53. The van der Waals surface area contributed by atoms with E-state index < -0.39 is 0 Å². The zero-order valence-corrected chi connectivity index (χ0v) is 12.7. The Morgan fingerprint density at radius 2 is 2.47 bits per heavy atom. The molecule has 2 rings (SSSR count). The molecule has 1 fully saturated rings. The van der Waals surface area contributed by atoms with Crippen LogP contribution < -0.4 is 0 Å². The standard InChI is InChI=1S/C13H15BrClNO3/c14-11-5-10(13(15)16-6-11)8-19-12(17)2-1-9-3-4-18-7-9/h5-6,9H,1-4,7-8H2. The Labute approximate surface area is 125 Å². The molecule has 0 radical (unpaired) electrons. The molecule has 6 heteroatoms. The molecule has 4 nitrogen and oxygen atoms in total. The highest BCUT2D eigenvalue weighted by atomic mass is 79.9. The van der Waals surface area contributed by atoms with E-state index in [1.54, 1.807) is 12.3 Å². The van der Waals surface area contributed by atoms with E-state index in [2.05, 4.69) is 20.9 Å². The number of halogens is 2. The summed E-state index contributed by atoms with van der Waals surface area (Å²) >= 11 is 9.22. The van der Waals surface area contributed by atoms with Crippen molar-refractivity contribution in [1.82, 2.24) is 4.98 Å². The predicted molar refractivity (Wildman–Crippen MR) is 74.9 cm³/mol. The molecule has 0 N–H and O–H groups in total. The van der Waals surface area contributed by atoms with Crippen molar-refractivity contribution in [2.24, 2.45) is 5.92 Å². The topological polar surface area (TPSA) is 48.4 Å². The van der Waals surface area contributed by atoms with E-state index in [0.717, 1.165) is 30.5 Å². The van der Waals surface area contributed by atoms with Crippen molar-refractivity contribution >= 4 is 33.5 Å². The summed E-state index contributed by atoms with van der Waals surface area (Å²) < 4.78 is 11.3. The quantitative estimate of drug-likeness (QED) is 0.605. The fourth-order valence-electron chi connectivity index (χ4n) is 1.93. The first-order valence-corrected chi connectivity index (χ1v) is 7.35. The summed E-state index contributed by atoms with van der Waals surface area (Å²) in [6.45, 7) is 1.72. The number of rotatable bonds is 5. The molecule has 2 heterocycles. The SMILES string of the molecule is O=C(CCC1CCOC1)OCc1cc(Br)cnc1Cl. The van der Waals surface area contributed by atoms with Crippen LogP contribution in [-0.2, 0) is 20.9 Å². The normalized spacial score (nSPS) is 18.5. The van der Waals surface area contributed by atoms with Gasteiger partial charge in [-0.25, -0.2) is 4.98 Å². The first-order chi connectivity index (χ1) is 9.15. The Hall–Kier alpha value is -0.650. The minimum absolute atomic E-state index is 0.158. The average Bonchev–Trinajstić information content (AvgIpc) is 2.90. The summed E-state index contributed by atoms with van der Waals surface area (Å²) in [5, 5.41) is 0.361. The fraction of sp³-hybridized carbons (Fsp3) is 0.538. The van der Waals surface area contributed by atoms with Crippen molar-refractivity contribution in [3.05, 3.63) is 27.5 Å². The molecular formula is C13H15BrClNO3. The van der Waals surface area contributed by atoms with Crippen molar-refractivity contribution in [3.63, 3.8) is 0 Å². The van der Waals surface area contributed by atoms with Gasteiger partial charge in [-0.05, 0) is 40.8 Å². The Morgan fingerprint density at radius 3 is 3.21 bits per heavy atom. The van der Waals surface area contributed by atoms with Gasteiger partial charge in [-0.2, -0.15) is 0 Å². The van der Waals surface area contributed by atoms with Crippen LogP contribution in [0.2, 0.25) is 5.15 Å². The molecular weight excluding hydrogens is 334 g/mol. The molecule has 0 aliphatic carbocycles. The zero-order chi connectivity index (χ0) is 13.7. The van der Waals surface area contributed by atoms with Crippen molar-refractivity contribution < 1.29 is 14.3 Å². The van der Waals surface area contributed by atoms with Gasteiger partial charge in [0.2, 0.25) is 0 Å². The molecule has 1 atom stereocenters. The Morgan fingerprint density at radius 1 is 1.63 bits per heavy atom. The van der Waals surface area contributed by atoms with Gasteiger partial charge < -0.3 is 9.47 Å². The van der Waals surface area contributed by atoms with Crippen LogP contribution in [0.4, 0.5) is 0 Å². The summed E-state index contributed by atoms with van der Waals surface area (Å²) in [6.07, 6.45) is 3.89. The molecule has 0 bridgehead atoms. The van der Waals surface area contributed by atoms with E-state index in [9.17, 15) is 4.79 Å². The Bertz CT molecular complexity index is 450. The summed E-state index contributed by atoms with van der Waals surface area (Å²) in [5.41, 5.74) is 0.702. The fourth-order valence-corrected chi connectivity index (χ4v) is 2.47. The molecule has 0 aromatic carbocycles. The summed E-state index contributed by atoms with van der Waals surface area (Å²) in [7, 11) is 0. The molecule has 0 spiro atoms. The van der Waals surface area contributed by atoms with Gasteiger partial charge in [-0.3, -0.25) is 4.79 Å². The van der Waals surface area contributed by atoms with Crippen LogP contribution in [0.5, 0.6) is 0 Å². The van der Waals surface area contributed by atoms with Crippen LogP contribution in [0.3, 0.4) is 0 Å². The Balaban J connectivity index is 1.74. The lowest BCUT2D eigenvalue weighted by Gasteiger charge is -2.08. The largest absolute Gasteiger partial charge is 0.461 e. The highest BCUT2D eigenvalue weighted by Crippen LogP contribution is 2.20. The zero-order valence-electron chi connectivity index (χ0n) is 10.4. The van der Waals surface area contributed by atoms with E-state index in [4.69, 9.17) is 21.1 Å². The first kappa shape index (κ1) is 14.8. The lowest BCUT2D eigenvalue weighted by atomic mass is 10.0. The number of aromatic nitrogens is 1. The van der Waals surface area contributed by atoms with Crippen LogP contribution in [0.1, 0.15) is 24.8 Å². The van der Waals surface area contributed by atoms with E-state index in [-0.39, 0.29) is 12.6 Å². The van der Waals surface area contributed by atoms with Crippen LogP contribution >= 0.6 is 27.5 Å². The smallest absolute Gasteiger partial charge is 0.306 e. The number of esters is 1. The van der Waals surface area contributed by atoms with Crippen LogP contribution in [-0.4, -0.2) is 24.2 Å². The van der Waals surface area contributed by atoms with Gasteiger partial charge >= 0.3 is 5.97 Å². The van der Waals surface area contributed by atoms with Crippen molar-refractivity contribution in [3.8, 4) is 0 Å². The minimum Gasteiger partial charge on any atom is -0.461 e. The molecule has 0 amide bonds. The average molecular weight is 349 g/mol. The molecule has 1 saturated heterocycles. The number of ether oxygens (including phenoxy) is 2. The lowest BCUT2D eigenvalue weighted by Crippen LogP contribution is -2.08. The molecule has 0 saturated carbocycles. The maximum atomic E-state index is 11.6. The summed E-state index contributed by atoms with van der Waals surface area (Å²) in [6, 6.07) is 1.80. The predicted octanol–water partition coefficient (Wildman–Crippen LogP) is 3.36. The Kier molecular flexibility index (Phi) is 5.60. The second kappa shape index (κ2) is 7.22. The summed E-state index contributed by atoms with van der Waals surface area (Å²) in [5.74, 6) is 0.284. The molecule has 1 aromatic rings. The van der Waals surface area contributed by atoms with Gasteiger partial charge in [0.1, 0.15) is 11.8 Å². The highest BCUT2D eigenvalue weighted by Gasteiger charge is 2.17. The number of hydrogen-bond acceptors (Lipinski definition) is 4. The van der Waals surface area contributed by atoms with Crippen molar-refractivity contribution in [1.29, 1.82) is 0 Å². The van der Waals surface area contributed by atoms with Crippen molar-refractivity contribution in [2.45, 2.75) is 25.9 Å². The van der Waals surface area contributed by atoms with Gasteiger partial charge in [0.05, 0.1) is 0 Å². The van der Waals surface area contributed by atoms with Crippen LogP contribution in [0.25, 0.3) is 0 Å². The van der Waals surface area contributed by atoms with E-state index in [0.29, 0.717) is 23.1 Å². The third-order valence-corrected chi connectivity index (χ3v) is 3.82. The highest BCUT2D eigenvalue weighted by molar-refractivity contribution is 9.10. The first-order valence-electron chi connectivity index (χ1n) is 6.18. The summed E-state index contributed by atoms with van der Waals surface area (Å²) in [4.78, 5) is 15.6. The second-order valence-corrected chi connectivity index (χ2v) is 5.81. The van der Waals surface area contributed by atoms with E-state index >= 15 is 0 Å². The molecule has 1 aromatic heterocycles. The van der Waals surface area contributed by atoms with Crippen molar-refractivity contribution in [2.75, 3.05) is 13.2 Å². The number of pyridine rings is 1. The third-order valence-electron chi connectivity index (χ3n) is 3.05. The van der Waals surface area contributed by atoms with Gasteiger partial charge in [-0.15, -0.1) is 0 Å². The molecule has 1 aliphatic rings. The number of nitrogens with zero attached hydrogens (tertiary/aromatic N) is 1. The number of carbonyl (C=O) groups is 1. The van der Waals surface area contributed by atoms with Gasteiger partial charge in [0, 0.05) is 35.9 Å². The molecule has 1 aliphatic heterocycles. The lowest BCUT2D eigenvalue weighted by molar-refractivity contribution is -0.145. The third kappa shape index (κ3) is 4.75. The maximum absolute atomic E-state index is 11.6. The van der Waals surface area contributed by atoms with E-state index in [1.165, 1.54) is 0 Å². The van der Waals surface area contributed by atoms with Gasteiger partial charge in [0.15, 0.2) is 0 Å². The number of carbonyl (C=O) groups excluding carboxylic acids is 1. The molecule has 19 heavy (non-hydrogen) atoms. The van der Waals surface area contributed by atoms with Gasteiger partial charge in [-0.1, -0.05) is 11.6 Å². The van der Waals surface area contributed by atoms with E-state index in [1.807, 2.05) is 0 Å². The van der Waals surface area contributed by atoms with Crippen LogP contribution in [0.15, 0.2) is 16.7 Å². The molecule has 1 unspecified atom stereocenters. The number of hydrogen-bond donors (Lipinski definition) is 0. The van der Waals surface area contributed by atoms with Gasteiger partial charge in [0.25, 0.3) is 0 Å².